The minimum absolute atomic E-state index is 0.0886. The van der Waals surface area contributed by atoms with Crippen LogP contribution in [0.2, 0.25) is 5.02 Å². The molecule has 6 nitrogen and oxygen atoms in total. The molecule has 0 fully saturated rings. The third-order valence-corrected chi connectivity index (χ3v) is 7.13. The van der Waals surface area contributed by atoms with Gasteiger partial charge in [-0.3, -0.25) is 4.79 Å². The monoisotopic (exact) mass is 478 g/mol. The predicted molar refractivity (Wildman–Crippen MR) is 124 cm³/mol. The van der Waals surface area contributed by atoms with E-state index in [9.17, 15) is 13.2 Å². The third-order valence-electron chi connectivity index (χ3n) is 4.57. The molecule has 3 aromatic rings. The molecule has 0 saturated carbocycles. The van der Waals surface area contributed by atoms with Crippen molar-refractivity contribution in [3.63, 3.8) is 0 Å². The number of sulfone groups is 1. The van der Waals surface area contributed by atoms with Gasteiger partial charge in [0.2, 0.25) is 0 Å². The van der Waals surface area contributed by atoms with Gasteiger partial charge in [-0.25, -0.2) is 13.4 Å². The highest BCUT2D eigenvalue weighted by Gasteiger charge is 2.19. The van der Waals surface area contributed by atoms with Crippen LogP contribution in [0.4, 0.5) is 0 Å². The lowest BCUT2D eigenvalue weighted by Gasteiger charge is -2.16. The minimum Gasteiger partial charge on any atom is -0.493 e. The van der Waals surface area contributed by atoms with Gasteiger partial charge >= 0.3 is 0 Å². The summed E-state index contributed by atoms with van der Waals surface area (Å²) in [6, 6.07) is 13.8. The zero-order chi connectivity index (χ0) is 22.6. The lowest BCUT2D eigenvalue weighted by Crippen LogP contribution is -2.28. The number of carbonyl (C=O) groups excluding carboxylic acids is 1. The molecule has 0 unspecified atom stereocenters. The normalized spacial score (nSPS) is 11.4. The number of benzene rings is 2. The molecule has 0 aliphatic rings. The number of rotatable bonds is 8. The van der Waals surface area contributed by atoms with Crippen LogP contribution in [-0.2, 0) is 9.84 Å². The Hall–Kier alpha value is -2.42. The molecule has 3 rings (SSSR count). The molecule has 1 aromatic heterocycles. The molecule has 0 atom stereocenters. The van der Waals surface area contributed by atoms with Crippen LogP contribution in [0.3, 0.4) is 0 Å². The fraction of sp³-hybridized carbons (Fsp3) is 0.273. The molecule has 9 heteroatoms. The van der Waals surface area contributed by atoms with E-state index in [2.05, 4.69) is 4.98 Å². The van der Waals surface area contributed by atoms with Gasteiger partial charge in [-0.15, -0.1) is 11.3 Å². The molecule has 164 valence electrons. The van der Waals surface area contributed by atoms with Gasteiger partial charge in [0.05, 0.1) is 17.2 Å². The number of hydrogen-bond donors (Lipinski definition) is 0. The van der Waals surface area contributed by atoms with Crippen LogP contribution in [0.25, 0.3) is 10.6 Å². The minimum atomic E-state index is -3.28. The lowest BCUT2D eigenvalue weighted by molar-refractivity contribution is 0.0791. The van der Waals surface area contributed by atoms with Crippen molar-refractivity contribution in [2.75, 3.05) is 26.5 Å². The third kappa shape index (κ3) is 6.06. The molecule has 0 N–H and O–H groups in total. The van der Waals surface area contributed by atoms with Crippen molar-refractivity contribution in [3.05, 3.63) is 64.1 Å². The fourth-order valence-electron chi connectivity index (χ4n) is 2.87. The Morgan fingerprint density at radius 1 is 1.19 bits per heavy atom. The Labute approximate surface area is 191 Å². The predicted octanol–water partition coefficient (Wildman–Crippen LogP) is 4.72. The van der Waals surface area contributed by atoms with Crippen LogP contribution in [0.5, 0.6) is 5.75 Å². The Balaban J connectivity index is 1.56. The van der Waals surface area contributed by atoms with E-state index in [-0.39, 0.29) is 10.8 Å². The summed E-state index contributed by atoms with van der Waals surface area (Å²) in [6.07, 6.45) is 1.76. The number of thiazole rings is 1. The van der Waals surface area contributed by atoms with Crippen LogP contribution >= 0.6 is 22.9 Å². The topological polar surface area (TPSA) is 76.6 Å². The summed E-state index contributed by atoms with van der Waals surface area (Å²) in [5.74, 6) is 0.400. The first-order valence-corrected chi connectivity index (χ1v) is 12.7. The number of carbonyl (C=O) groups is 1. The summed E-state index contributed by atoms with van der Waals surface area (Å²) in [5.41, 5.74) is 1.62. The van der Waals surface area contributed by atoms with E-state index in [4.69, 9.17) is 16.3 Å². The Bertz CT molecular complexity index is 1170. The summed E-state index contributed by atoms with van der Waals surface area (Å²) in [6.45, 7) is 2.69. The number of hydrogen-bond acceptors (Lipinski definition) is 6. The SMILES string of the molecule is Cc1nc(-c2ccc(Cl)cc2)sc1C(=O)N(C)CCCOc1cccc(S(C)(=O)=O)c1. The van der Waals surface area contributed by atoms with Gasteiger partial charge in [-0.1, -0.05) is 29.8 Å². The molecule has 2 aromatic carbocycles. The molecule has 0 radical (unpaired) electrons. The largest absolute Gasteiger partial charge is 0.493 e. The number of halogens is 1. The average molecular weight is 479 g/mol. The molecule has 0 spiro atoms. The highest BCUT2D eigenvalue weighted by molar-refractivity contribution is 7.90. The highest BCUT2D eigenvalue weighted by Crippen LogP contribution is 2.29. The van der Waals surface area contributed by atoms with E-state index < -0.39 is 9.84 Å². The van der Waals surface area contributed by atoms with Gasteiger partial charge in [0.15, 0.2) is 9.84 Å². The Morgan fingerprint density at radius 3 is 2.58 bits per heavy atom. The summed E-state index contributed by atoms with van der Waals surface area (Å²) in [5, 5.41) is 1.43. The molecular formula is C22H23ClN2O4S2. The number of nitrogens with zero attached hydrogens (tertiary/aromatic N) is 2. The first kappa shape index (κ1) is 23.2. The molecule has 0 saturated heterocycles. The highest BCUT2D eigenvalue weighted by atomic mass is 35.5. The summed E-state index contributed by atoms with van der Waals surface area (Å²) in [4.78, 5) is 19.8. The number of aromatic nitrogens is 1. The molecule has 1 amide bonds. The number of ether oxygens (including phenoxy) is 1. The van der Waals surface area contributed by atoms with Gasteiger partial charge in [0.25, 0.3) is 5.91 Å². The van der Waals surface area contributed by atoms with Crippen LogP contribution in [0.15, 0.2) is 53.4 Å². The van der Waals surface area contributed by atoms with E-state index in [1.807, 2.05) is 19.1 Å². The summed E-state index contributed by atoms with van der Waals surface area (Å²) in [7, 11) is -1.54. The maximum atomic E-state index is 12.9. The van der Waals surface area contributed by atoms with Crippen molar-refractivity contribution in [3.8, 4) is 16.3 Å². The Kier molecular flexibility index (Phi) is 7.35. The zero-order valence-electron chi connectivity index (χ0n) is 17.5. The van der Waals surface area contributed by atoms with Crippen molar-refractivity contribution in [1.82, 2.24) is 9.88 Å². The maximum Gasteiger partial charge on any atom is 0.265 e. The molecule has 31 heavy (non-hydrogen) atoms. The number of aryl methyl sites for hydroxylation is 1. The van der Waals surface area contributed by atoms with E-state index in [0.29, 0.717) is 40.9 Å². The van der Waals surface area contributed by atoms with Crippen molar-refractivity contribution >= 4 is 38.7 Å². The van der Waals surface area contributed by atoms with Crippen LogP contribution in [-0.4, -0.2) is 50.7 Å². The van der Waals surface area contributed by atoms with Crippen LogP contribution < -0.4 is 4.74 Å². The summed E-state index contributed by atoms with van der Waals surface area (Å²) < 4.78 is 28.9. The van der Waals surface area contributed by atoms with Gasteiger partial charge in [-0.05, 0) is 43.7 Å². The van der Waals surface area contributed by atoms with Gasteiger partial charge in [0.1, 0.15) is 15.6 Å². The standard InChI is InChI=1S/C22H23ClN2O4S2/c1-15-20(30-21(24-15)16-8-10-17(23)11-9-16)22(26)25(2)12-5-13-29-18-6-4-7-19(14-18)31(3,27)28/h4,6-11,14H,5,12-13H2,1-3H3. The van der Waals surface area contributed by atoms with Crippen molar-refractivity contribution in [1.29, 1.82) is 0 Å². The zero-order valence-corrected chi connectivity index (χ0v) is 19.9. The van der Waals surface area contributed by atoms with Crippen LogP contribution in [0, 0.1) is 6.92 Å². The Morgan fingerprint density at radius 2 is 1.90 bits per heavy atom. The lowest BCUT2D eigenvalue weighted by atomic mass is 10.2. The molecular weight excluding hydrogens is 456 g/mol. The second-order valence-corrected chi connectivity index (χ2v) is 10.6. The van der Waals surface area contributed by atoms with Gasteiger partial charge < -0.3 is 9.64 Å². The van der Waals surface area contributed by atoms with Crippen LogP contribution in [0.1, 0.15) is 21.8 Å². The molecule has 0 aliphatic heterocycles. The maximum absolute atomic E-state index is 12.9. The van der Waals surface area contributed by atoms with Crippen molar-refractivity contribution in [2.45, 2.75) is 18.2 Å². The molecule has 0 aliphatic carbocycles. The molecule has 0 bridgehead atoms. The number of amides is 1. The first-order chi connectivity index (χ1) is 14.6. The average Bonchev–Trinajstić information content (AvgIpc) is 3.12. The van der Waals surface area contributed by atoms with Gasteiger partial charge in [-0.2, -0.15) is 0 Å². The van der Waals surface area contributed by atoms with Crippen molar-refractivity contribution in [2.24, 2.45) is 0 Å². The smallest absolute Gasteiger partial charge is 0.265 e. The van der Waals surface area contributed by atoms with E-state index >= 15 is 0 Å². The second-order valence-electron chi connectivity index (χ2n) is 7.12. The van der Waals surface area contributed by atoms with E-state index in [0.717, 1.165) is 16.8 Å². The quantitative estimate of drug-likeness (QED) is 0.438. The first-order valence-electron chi connectivity index (χ1n) is 9.57. The fourth-order valence-corrected chi connectivity index (χ4v) is 4.72. The second kappa shape index (κ2) is 9.80. The van der Waals surface area contributed by atoms with Crippen molar-refractivity contribution < 1.29 is 17.9 Å². The van der Waals surface area contributed by atoms with Gasteiger partial charge in [0, 0.05) is 30.4 Å². The summed E-state index contributed by atoms with van der Waals surface area (Å²) >= 11 is 7.30. The molecule has 1 heterocycles. The van der Waals surface area contributed by atoms with E-state index in [1.54, 1.807) is 36.2 Å². The van der Waals surface area contributed by atoms with E-state index in [1.165, 1.54) is 23.5 Å².